The molecular weight excluding hydrogens is 247 g/mol. The maximum Gasteiger partial charge on any atom is 0.262 e. The quantitative estimate of drug-likeness (QED) is 0.821. The van der Waals surface area contributed by atoms with Crippen molar-refractivity contribution in [1.82, 2.24) is 9.97 Å². The monoisotopic (exact) mass is 256 g/mol. The number of nitriles is 1. The summed E-state index contributed by atoms with van der Waals surface area (Å²) in [5, 5.41) is 8.96. The average Bonchev–Trinajstić information content (AvgIpc) is 2.46. The Kier molecular flexibility index (Phi) is 3.48. The Morgan fingerprint density at radius 2 is 2.21 bits per heavy atom. The predicted molar refractivity (Wildman–Crippen MR) is 65.9 cm³/mol. The second-order valence-electron chi connectivity index (χ2n) is 3.71. The van der Waals surface area contributed by atoms with Crippen LogP contribution in [0.3, 0.4) is 0 Å². The third-order valence-electron chi connectivity index (χ3n) is 2.53. The van der Waals surface area contributed by atoms with E-state index in [-0.39, 0.29) is 16.9 Å². The minimum atomic E-state index is -0.714. The summed E-state index contributed by atoms with van der Waals surface area (Å²) in [5.41, 5.74) is 0.125. The molecule has 5 nitrogen and oxygen atoms in total. The molecule has 19 heavy (non-hydrogen) atoms. The normalized spacial score (nSPS) is 9.74. The highest BCUT2D eigenvalue weighted by Gasteiger charge is 2.20. The highest BCUT2D eigenvalue weighted by atomic mass is 19.1. The molecule has 0 aliphatic carbocycles. The van der Waals surface area contributed by atoms with Crippen molar-refractivity contribution in [1.29, 1.82) is 5.26 Å². The van der Waals surface area contributed by atoms with E-state index >= 15 is 0 Å². The molecule has 2 heterocycles. The highest BCUT2D eigenvalue weighted by Crippen LogP contribution is 2.18. The maximum absolute atomic E-state index is 13.5. The number of pyridine rings is 2. The fourth-order valence-electron chi connectivity index (χ4n) is 1.58. The lowest BCUT2D eigenvalue weighted by Crippen LogP contribution is -2.28. The summed E-state index contributed by atoms with van der Waals surface area (Å²) >= 11 is 0. The van der Waals surface area contributed by atoms with Gasteiger partial charge in [0.2, 0.25) is 0 Å². The van der Waals surface area contributed by atoms with E-state index in [2.05, 4.69) is 9.97 Å². The van der Waals surface area contributed by atoms with Crippen LogP contribution in [0.1, 0.15) is 15.9 Å². The van der Waals surface area contributed by atoms with Gasteiger partial charge in [-0.25, -0.2) is 9.37 Å². The van der Waals surface area contributed by atoms with Crippen molar-refractivity contribution >= 4 is 11.7 Å². The van der Waals surface area contributed by atoms with Gasteiger partial charge in [-0.3, -0.25) is 14.7 Å². The Morgan fingerprint density at radius 3 is 2.89 bits per heavy atom. The number of anilines is 1. The van der Waals surface area contributed by atoms with Gasteiger partial charge in [-0.1, -0.05) is 0 Å². The first-order chi connectivity index (χ1) is 9.15. The number of hydrogen-bond donors (Lipinski definition) is 0. The van der Waals surface area contributed by atoms with Crippen LogP contribution < -0.4 is 4.90 Å². The number of aromatic nitrogens is 2. The van der Waals surface area contributed by atoms with E-state index in [1.54, 1.807) is 6.07 Å². The van der Waals surface area contributed by atoms with Crippen LogP contribution in [0.15, 0.2) is 36.8 Å². The Morgan fingerprint density at radius 1 is 1.42 bits per heavy atom. The van der Waals surface area contributed by atoms with Crippen LogP contribution in [0.25, 0.3) is 0 Å². The van der Waals surface area contributed by atoms with Crippen molar-refractivity contribution in [2.24, 2.45) is 0 Å². The zero-order chi connectivity index (χ0) is 13.8. The molecular formula is C13H9FN4O. The second-order valence-corrected chi connectivity index (χ2v) is 3.71. The van der Waals surface area contributed by atoms with Gasteiger partial charge in [-0.2, -0.15) is 5.26 Å². The number of halogens is 1. The Balaban J connectivity index is 2.40. The van der Waals surface area contributed by atoms with Gasteiger partial charge >= 0.3 is 0 Å². The molecule has 0 aromatic carbocycles. The molecule has 0 saturated heterocycles. The molecule has 0 fully saturated rings. The minimum absolute atomic E-state index is 0.118. The van der Waals surface area contributed by atoms with Crippen LogP contribution in [-0.4, -0.2) is 22.9 Å². The van der Waals surface area contributed by atoms with Crippen molar-refractivity contribution in [3.05, 3.63) is 53.7 Å². The molecule has 6 heteroatoms. The number of amides is 1. The van der Waals surface area contributed by atoms with E-state index in [4.69, 9.17) is 5.26 Å². The van der Waals surface area contributed by atoms with Gasteiger partial charge in [-0.05, 0) is 18.2 Å². The molecule has 0 bridgehead atoms. The molecule has 2 aromatic heterocycles. The zero-order valence-electron chi connectivity index (χ0n) is 10.0. The lowest BCUT2D eigenvalue weighted by Gasteiger charge is -2.17. The smallest absolute Gasteiger partial charge is 0.262 e. The van der Waals surface area contributed by atoms with Crippen molar-refractivity contribution in [2.75, 3.05) is 11.9 Å². The van der Waals surface area contributed by atoms with E-state index in [1.807, 2.05) is 6.07 Å². The van der Waals surface area contributed by atoms with Gasteiger partial charge in [0.1, 0.15) is 6.07 Å². The number of hydrogen-bond acceptors (Lipinski definition) is 4. The minimum Gasteiger partial charge on any atom is -0.295 e. The third-order valence-corrected chi connectivity index (χ3v) is 2.53. The number of rotatable bonds is 2. The topological polar surface area (TPSA) is 69.9 Å². The standard InChI is InChI=1S/C13H9FN4O/c1-18(12-9(7-15)3-2-5-17-12)13(19)10-4-6-16-8-11(10)14/h2-6,8H,1H3. The van der Waals surface area contributed by atoms with Gasteiger partial charge in [0.25, 0.3) is 5.91 Å². The molecule has 94 valence electrons. The molecule has 0 aliphatic rings. The van der Waals surface area contributed by atoms with Crippen LogP contribution in [0, 0.1) is 17.1 Å². The second kappa shape index (κ2) is 5.23. The van der Waals surface area contributed by atoms with E-state index in [9.17, 15) is 9.18 Å². The fourth-order valence-corrected chi connectivity index (χ4v) is 1.58. The molecule has 0 unspecified atom stereocenters. The SMILES string of the molecule is CN(C(=O)c1ccncc1F)c1ncccc1C#N. The van der Waals surface area contributed by atoms with Crippen LogP contribution in [0.5, 0.6) is 0 Å². The maximum atomic E-state index is 13.5. The lowest BCUT2D eigenvalue weighted by atomic mass is 10.2. The Labute approximate surface area is 109 Å². The highest BCUT2D eigenvalue weighted by molar-refractivity contribution is 6.05. The van der Waals surface area contributed by atoms with Gasteiger partial charge in [0.15, 0.2) is 11.6 Å². The summed E-state index contributed by atoms with van der Waals surface area (Å²) in [6.45, 7) is 0. The van der Waals surface area contributed by atoms with Gasteiger partial charge in [0.05, 0.1) is 17.3 Å². The molecule has 2 aromatic rings. The number of carbonyl (C=O) groups excluding carboxylic acids is 1. The predicted octanol–water partition coefficient (Wildman–Crippen LogP) is 1.76. The largest absolute Gasteiger partial charge is 0.295 e. The summed E-state index contributed by atoms with van der Waals surface area (Å²) < 4.78 is 13.5. The van der Waals surface area contributed by atoms with Crippen LogP contribution in [0.2, 0.25) is 0 Å². The molecule has 1 amide bonds. The third kappa shape index (κ3) is 2.40. The van der Waals surface area contributed by atoms with Crippen molar-refractivity contribution in [3.63, 3.8) is 0 Å². The number of carbonyl (C=O) groups is 1. The summed E-state index contributed by atoms with van der Waals surface area (Å²) in [6, 6.07) is 6.34. The Hall–Kier alpha value is -2.81. The Bertz CT molecular complexity index is 666. The van der Waals surface area contributed by atoms with Crippen LogP contribution in [0.4, 0.5) is 10.2 Å². The molecule has 0 aliphatic heterocycles. The summed E-state index contributed by atoms with van der Waals surface area (Å²) in [4.78, 5) is 20.8. The van der Waals surface area contributed by atoms with Gasteiger partial charge < -0.3 is 0 Å². The van der Waals surface area contributed by atoms with Crippen molar-refractivity contribution < 1.29 is 9.18 Å². The van der Waals surface area contributed by atoms with Gasteiger partial charge in [-0.15, -0.1) is 0 Å². The molecule has 2 rings (SSSR count). The molecule has 0 radical (unpaired) electrons. The van der Waals surface area contributed by atoms with Gasteiger partial charge in [0, 0.05) is 19.4 Å². The van der Waals surface area contributed by atoms with Crippen molar-refractivity contribution in [2.45, 2.75) is 0 Å². The van der Waals surface area contributed by atoms with Crippen LogP contribution in [-0.2, 0) is 0 Å². The average molecular weight is 256 g/mol. The first-order valence-corrected chi connectivity index (χ1v) is 5.38. The van der Waals surface area contributed by atoms with E-state index in [0.29, 0.717) is 0 Å². The summed E-state index contributed by atoms with van der Waals surface area (Å²) in [6.07, 6.45) is 3.75. The first-order valence-electron chi connectivity index (χ1n) is 5.38. The van der Waals surface area contributed by atoms with E-state index in [0.717, 1.165) is 11.1 Å². The van der Waals surface area contributed by atoms with Crippen molar-refractivity contribution in [3.8, 4) is 6.07 Å². The molecule has 0 spiro atoms. The number of nitrogens with zero attached hydrogens (tertiary/aromatic N) is 4. The molecule has 0 N–H and O–H groups in total. The summed E-state index contributed by atoms with van der Waals surface area (Å²) in [7, 11) is 1.44. The molecule has 0 saturated carbocycles. The van der Waals surface area contributed by atoms with Crippen LogP contribution >= 0.6 is 0 Å². The fraction of sp³-hybridized carbons (Fsp3) is 0.0769. The van der Waals surface area contributed by atoms with E-state index < -0.39 is 11.7 Å². The zero-order valence-corrected chi connectivity index (χ0v) is 10.0. The lowest BCUT2D eigenvalue weighted by molar-refractivity contribution is 0.0988. The van der Waals surface area contributed by atoms with E-state index in [1.165, 1.54) is 31.6 Å². The first kappa shape index (κ1) is 12.6. The summed E-state index contributed by atoms with van der Waals surface area (Å²) in [5.74, 6) is -1.12. The molecule has 0 atom stereocenters.